The average Bonchev–Trinajstić information content (AvgIpc) is 3.13. The van der Waals surface area contributed by atoms with E-state index in [2.05, 4.69) is 31.2 Å². The molecule has 8 nitrogen and oxygen atoms in total. The van der Waals surface area contributed by atoms with Crippen LogP contribution in [0, 0.1) is 5.82 Å². The second-order valence-electron chi connectivity index (χ2n) is 7.57. The highest BCUT2D eigenvalue weighted by Gasteiger charge is 2.33. The number of ether oxygens (including phenoxy) is 1. The summed E-state index contributed by atoms with van der Waals surface area (Å²) < 4.78 is 19.6. The lowest BCUT2D eigenvalue weighted by molar-refractivity contribution is 0.0940. The van der Waals surface area contributed by atoms with Crippen molar-refractivity contribution in [2.24, 2.45) is 0 Å². The molecule has 0 aliphatic carbocycles. The molecule has 9 heteroatoms. The Kier molecular flexibility index (Phi) is 4.95. The molecule has 0 fully saturated rings. The number of aromatic amines is 1. The lowest BCUT2D eigenvalue weighted by Gasteiger charge is -2.24. The van der Waals surface area contributed by atoms with Crippen LogP contribution in [0.3, 0.4) is 0 Å². The van der Waals surface area contributed by atoms with Gasteiger partial charge in [-0.1, -0.05) is 6.07 Å². The molecular weight excluding hydrogens is 399 g/mol. The number of benzene rings is 1. The summed E-state index contributed by atoms with van der Waals surface area (Å²) in [5.41, 5.74) is 4.86. The van der Waals surface area contributed by atoms with E-state index in [0.29, 0.717) is 30.0 Å². The van der Waals surface area contributed by atoms with Gasteiger partial charge >= 0.3 is 0 Å². The molecule has 3 aromatic rings. The number of carbonyl (C=O) groups is 1. The minimum Gasteiger partial charge on any atom is -0.492 e. The molecular formula is C22H23FN6O2. The molecule has 160 valence electrons. The van der Waals surface area contributed by atoms with Crippen LogP contribution in [0.1, 0.15) is 22.0 Å². The summed E-state index contributed by atoms with van der Waals surface area (Å²) >= 11 is 0. The fourth-order valence-corrected chi connectivity index (χ4v) is 4.23. The van der Waals surface area contributed by atoms with E-state index < -0.39 is 5.82 Å². The maximum Gasteiger partial charge on any atom is 0.255 e. The Morgan fingerprint density at radius 3 is 2.97 bits per heavy atom. The lowest BCUT2D eigenvalue weighted by Crippen LogP contribution is -2.39. The van der Waals surface area contributed by atoms with E-state index in [9.17, 15) is 9.18 Å². The van der Waals surface area contributed by atoms with Gasteiger partial charge in [0.1, 0.15) is 0 Å². The number of anilines is 3. The molecule has 0 spiro atoms. The summed E-state index contributed by atoms with van der Waals surface area (Å²) in [4.78, 5) is 20.7. The summed E-state index contributed by atoms with van der Waals surface area (Å²) in [6.45, 7) is 2.77. The van der Waals surface area contributed by atoms with Crippen LogP contribution in [0.25, 0.3) is 11.3 Å². The quantitative estimate of drug-likeness (QED) is 0.445. The largest absolute Gasteiger partial charge is 0.492 e. The second-order valence-corrected chi connectivity index (χ2v) is 7.57. The number of hydrogen-bond donors (Lipinski definition) is 5. The Bertz CT molecular complexity index is 1150. The Hall–Kier alpha value is -3.59. The summed E-state index contributed by atoms with van der Waals surface area (Å²) in [5.74, 6) is -0.482. The molecule has 5 rings (SSSR count). The van der Waals surface area contributed by atoms with Crippen molar-refractivity contribution in [2.75, 3.05) is 43.9 Å². The predicted molar refractivity (Wildman–Crippen MR) is 117 cm³/mol. The standard InChI is InChI=1S/C22H23FN6O2/c1-31-21-14(23)3-2-4-15(21)28-20-17-18-12(10-27-22(17)30)9-25-7-8-26-16-11-24-6-5-13(16)19(20)29-18/h2-6,11-12,25-26,28-29H,7-10H2,1H3,(H,27,30)/t12-/m0/s1. The average molecular weight is 422 g/mol. The van der Waals surface area contributed by atoms with E-state index >= 15 is 0 Å². The van der Waals surface area contributed by atoms with Gasteiger partial charge in [-0.2, -0.15) is 0 Å². The smallest absolute Gasteiger partial charge is 0.255 e. The maximum absolute atomic E-state index is 14.3. The van der Waals surface area contributed by atoms with Crippen LogP contribution in [0.4, 0.5) is 21.5 Å². The van der Waals surface area contributed by atoms with Crippen LogP contribution in [0.15, 0.2) is 36.7 Å². The Balaban J connectivity index is 1.74. The van der Waals surface area contributed by atoms with E-state index in [0.717, 1.165) is 35.7 Å². The van der Waals surface area contributed by atoms with Crippen LogP contribution < -0.4 is 26.0 Å². The third kappa shape index (κ3) is 3.36. The summed E-state index contributed by atoms with van der Waals surface area (Å²) in [6.07, 6.45) is 3.47. The van der Waals surface area contributed by atoms with Crippen LogP contribution in [-0.2, 0) is 0 Å². The molecule has 4 heterocycles. The number of aromatic nitrogens is 2. The van der Waals surface area contributed by atoms with Crippen LogP contribution in [0.2, 0.25) is 0 Å². The molecule has 2 aromatic heterocycles. The molecule has 31 heavy (non-hydrogen) atoms. The van der Waals surface area contributed by atoms with Crippen LogP contribution in [0.5, 0.6) is 5.75 Å². The SMILES string of the molecule is COc1c(F)cccc1Nc1c2[nH]c3c1C(=O)NC[C@@H]3CNCCNc1cnccc1-2. The minimum absolute atomic E-state index is 0.0831. The highest BCUT2D eigenvalue weighted by Crippen LogP contribution is 2.43. The van der Waals surface area contributed by atoms with Gasteiger partial charge < -0.3 is 31.0 Å². The zero-order valence-electron chi connectivity index (χ0n) is 17.0. The lowest BCUT2D eigenvalue weighted by atomic mass is 9.96. The van der Waals surface area contributed by atoms with E-state index in [1.54, 1.807) is 24.5 Å². The molecule has 1 amide bonds. The fourth-order valence-electron chi connectivity index (χ4n) is 4.23. The van der Waals surface area contributed by atoms with E-state index in [1.807, 2.05) is 6.07 Å². The zero-order valence-corrected chi connectivity index (χ0v) is 17.0. The topological polar surface area (TPSA) is 103 Å². The monoisotopic (exact) mass is 422 g/mol. The minimum atomic E-state index is -0.481. The number of para-hydroxylation sites is 1. The number of methoxy groups -OCH3 is 1. The van der Waals surface area contributed by atoms with Crippen LogP contribution >= 0.6 is 0 Å². The number of nitrogens with zero attached hydrogens (tertiary/aromatic N) is 1. The van der Waals surface area contributed by atoms with Gasteiger partial charge in [0, 0.05) is 49.6 Å². The number of rotatable bonds is 3. The van der Waals surface area contributed by atoms with Crippen molar-refractivity contribution in [2.45, 2.75) is 5.92 Å². The Labute approximate surface area is 178 Å². The van der Waals surface area contributed by atoms with Crippen molar-refractivity contribution in [1.29, 1.82) is 0 Å². The van der Waals surface area contributed by atoms with Crippen molar-refractivity contribution in [3.8, 4) is 17.0 Å². The third-order valence-corrected chi connectivity index (χ3v) is 5.70. The maximum atomic E-state index is 14.3. The molecule has 0 saturated carbocycles. The van der Waals surface area contributed by atoms with Crippen molar-refractivity contribution in [3.63, 3.8) is 0 Å². The molecule has 1 atom stereocenters. The van der Waals surface area contributed by atoms with Crippen molar-refractivity contribution < 1.29 is 13.9 Å². The number of hydrogen-bond acceptors (Lipinski definition) is 6. The number of halogens is 1. The van der Waals surface area contributed by atoms with Gasteiger partial charge in [-0.25, -0.2) is 4.39 Å². The second kappa shape index (κ2) is 7.92. The number of H-pyrrole nitrogens is 1. The molecule has 5 N–H and O–H groups in total. The number of nitrogens with one attached hydrogen (secondary N) is 5. The fraction of sp³-hybridized carbons (Fsp3) is 0.273. The third-order valence-electron chi connectivity index (χ3n) is 5.70. The van der Waals surface area contributed by atoms with Gasteiger partial charge in [-0.3, -0.25) is 9.78 Å². The molecule has 1 aromatic carbocycles. The van der Waals surface area contributed by atoms with Crippen molar-refractivity contribution >= 4 is 23.0 Å². The first-order chi connectivity index (χ1) is 15.2. The summed E-state index contributed by atoms with van der Waals surface area (Å²) in [7, 11) is 1.42. The highest BCUT2D eigenvalue weighted by atomic mass is 19.1. The van der Waals surface area contributed by atoms with E-state index in [4.69, 9.17) is 4.74 Å². The first kappa shape index (κ1) is 19.4. The molecule has 0 radical (unpaired) electrons. The van der Waals surface area contributed by atoms with Gasteiger partial charge in [0.05, 0.1) is 41.6 Å². The number of amides is 1. The Morgan fingerprint density at radius 2 is 2.10 bits per heavy atom. The number of carbonyl (C=O) groups excluding carboxylic acids is 1. The van der Waals surface area contributed by atoms with E-state index in [1.165, 1.54) is 13.2 Å². The first-order valence-corrected chi connectivity index (χ1v) is 10.2. The number of pyridine rings is 1. The molecule has 0 unspecified atom stereocenters. The predicted octanol–water partition coefficient (Wildman–Crippen LogP) is 2.81. The van der Waals surface area contributed by atoms with Gasteiger partial charge in [-0.15, -0.1) is 0 Å². The Morgan fingerprint density at radius 1 is 1.19 bits per heavy atom. The van der Waals surface area contributed by atoms with Gasteiger partial charge in [-0.05, 0) is 18.2 Å². The zero-order chi connectivity index (χ0) is 21.4. The van der Waals surface area contributed by atoms with Gasteiger partial charge in [0.25, 0.3) is 5.91 Å². The van der Waals surface area contributed by atoms with Crippen molar-refractivity contribution in [3.05, 3.63) is 53.7 Å². The molecule has 0 saturated heterocycles. The van der Waals surface area contributed by atoms with Crippen molar-refractivity contribution in [1.82, 2.24) is 20.6 Å². The molecule has 2 aliphatic heterocycles. The molecule has 2 bridgehead atoms. The van der Waals surface area contributed by atoms with Gasteiger partial charge in [0.15, 0.2) is 11.6 Å². The first-order valence-electron chi connectivity index (χ1n) is 10.2. The normalized spacial score (nSPS) is 17.6. The van der Waals surface area contributed by atoms with Gasteiger partial charge in [0.2, 0.25) is 0 Å². The highest BCUT2D eigenvalue weighted by molar-refractivity contribution is 6.07. The number of fused-ring (bicyclic) bond motifs is 3. The summed E-state index contributed by atoms with van der Waals surface area (Å²) in [6, 6.07) is 6.55. The van der Waals surface area contributed by atoms with Crippen LogP contribution in [-0.4, -0.2) is 49.2 Å². The summed E-state index contributed by atoms with van der Waals surface area (Å²) in [5, 5.41) is 13.1. The molecule has 2 aliphatic rings. The van der Waals surface area contributed by atoms with E-state index in [-0.39, 0.29) is 17.6 Å².